The first-order valence-corrected chi connectivity index (χ1v) is 10.3. The molecule has 1 aromatic carbocycles. The molecule has 1 aromatic rings. The normalized spacial score (nSPS) is 30.4. The van der Waals surface area contributed by atoms with Crippen LogP contribution in [0.4, 0.5) is 0 Å². The van der Waals surface area contributed by atoms with Crippen LogP contribution in [0.5, 0.6) is 0 Å². The van der Waals surface area contributed by atoms with Crippen molar-refractivity contribution in [2.45, 2.75) is 71.1 Å². The van der Waals surface area contributed by atoms with Crippen LogP contribution in [0.3, 0.4) is 0 Å². The third-order valence-electron chi connectivity index (χ3n) is 6.67. The summed E-state index contributed by atoms with van der Waals surface area (Å²) in [5.74, 6) is 0.782. The maximum atomic E-state index is 13.3. The van der Waals surface area contributed by atoms with Gasteiger partial charge in [-0.05, 0) is 48.4 Å². The quantitative estimate of drug-likeness (QED) is 0.460. The van der Waals surface area contributed by atoms with E-state index in [2.05, 4.69) is 51.0 Å². The van der Waals surface area contributed by atoms with Crippen LogP contribution in [-0.4, -0.2) is 25.1 Å². The second-order valence-electron chi connectivity index (χ2n) is 9.13. The van der Waals surface area contributed by atoms with Crippen LogP contribution >= 0.6 is 0 Å². The zero-order valence-electron chi connectivity index (χ0n) is 17.3. The lowest BCUT2D eigenvalue weighted by Gasteiger charge is -2.52. The van der Waals surface area contributed by atoms with Crippen molar-refractivity contribution in [1.82, 2.24) is 0 Å². The first-order chi connectivity index (χ1) is 12.8. The molecule has 0 saturated heterocycles. The molecule has 0 aliphatic heterocycles. The van der Waals surface area contributed by atoms with Crippen molar-refractivity contribution in [3.63, 3.8) is 0 Å². The summed E-state index contributed by atoms with van der Waals surface area (Å²) in [6, 6.07) is 6.79. The lowest BCUT2D eigenvalue weighted by molar-refractivity contribution is -0.130. The molecule has 4 nitrogen and oxygen atoms in total. The maximum Gasteiger partial charge on any atom is 0.142 e. The molecule has 2 aliphatic carbocycles. The molecule has 0 amide bonds. The molecule has 1 fully saturated rings. The number of carbonyl (C=O) groups excluding carboxylic acids is 1. The second-order valence-corrected chi connectivity index (χ2v) is 9.13. The van der Waals surface area contributed by atoms with Crippen LogP contribution in [0.15, 0.2) is 23.4 Å². The number of ketones is 1. The minimum atomic E-state index is -0.263. The lowest BCUT2D eigenvalue weighted by atomic mass is 9.49. The van der Waals surface area contributed by atoms with E-state index in [-0.39, 0.29) is 16.7 Å². The number of fused-ring (bicyclic) bond motifs is 3. The average Bonchev–Trinajstić information content (AvgIpc) is 2.60. The maximum absolute atomic E-state index is 13.3. The van der Waals surface area contributed by atoms with Gasteiger partial charge in [-0.2, -0.15) is 0 Å². The summed E-state index contributed by atoms with van der Waals surface area (Å²) in [7, 11) is 0. The van der Waals surface area contributed by atoms with E-state index in [0.29, 0.717) is 31.3 Å². The second kappa shape index (κ2) is 7.75. The molecule has 27 heavy (non-hydrogen) atoms. The SMILES string of the molecule is CC(C)c1ccc2c(c1)CC(=O)[C@H]1[C@](C)(/C=N/OCCCN)CCC[C@]21C. The third-order valence-corrected chi connectivity index (χ3v) is 6.67. The van der Waals surface area contributed by atoms with Crippen LogP contribution in [-0.2, 0) is 21.5 Å². The van der Waals surface area contributed by atoms with Gasteiger partial charge in [0.2, 0.25) is 0 Å². The number of nitrogens with two attached hydrogens (primary N) is 1. The number of Topliss-reactive ketones (excluding diaryl/α,β-unsaturated/α-hetero) is 1. The van der Waals surface area contributed by atoms with E-state index < -0.39 is 0 Å². The molecule has 3 atom stereocenters. The molecule has 0 bridgehead atoms. The molecule has 1 saturated carbocycles. The van der Waals surface area contributed by atoms with Crippen LogP contribution in [0, 0.1) is 11.3 Å². The smallest absolute Gasteiger partial charge is 0.142 e. The van der Waals surface area contributed by atoms with Crippen molar-refractivity contribution in [1.29, 1.82) is 0 Å². The highest BCUT2D eigenvalue weighted by Gasteiger charge is 2.55. The van der Waals surface area contributed by atoms with Gasteiger partial charge in [0, 0.05) is 23.2 Å². The summed E-state index contributed by atoms with van der Waals surface area (Å²) in [5.41, 5.74) is 9.01. The van der Waals surface area contributed by atoms with Gasteiger partial charge < -0.3 is 10.6 Å². The Balaban J connectivity index is 1.93. The minimum absolute atomic E-state index is 0.0435. The largest absolute Gasteiger partial charge is 0.396 e. The number of benzene rings is 1. The molecular formula is C23H34N2O2. The molecule has 0 spiro atoms. The van der Waals surface area contributed by atoms with Gasteiger partial charge in [-0.3, -0.25) is 4.79 Å². The lowest BCUT2D eigenvalue weighted by Crippen LogP contribution is -2.54. The van der Waals surface area contributed by atoms with Crippen molar-refractivity contribution in [3.05, 3.63) is 34.9 Å². The van der Waals surface area contributed by atoms with Gasteiger partial charge >= 0.3 is 0 Å². The Morgan fingerprint density at radius 3 is 2.81 bits per heavy atom. The highest BCUT2D eigenvalue weighted by atomic mass is 16.6. The summed E-state index contributed by atoms with van der Waals surface area (Å²) in [5, 5.41) is 4.22. The Labute approximate surface area is 163 Å². The van der Waals surface area contributed by atoms with Crippen molar-refractivity contribution in [3.8, 4) is 0 Å². The van der Waals surface area contributed by atoms with Gasteiger partial charge in [0.25, 0.3) is 0 Å². The van der Waals surface area contributed by atoms with Crippen molar-refractivity contribution in [2.75, 3.05) is 13.2 Å². The Bertz CT molecular complexity index is 727. The number of rotatable bonds is 6. The number of carbonyl (C=O) groups is 1. The van der Waals surface area contributed by atoms with E-state index >= 15 is 0 Å². The number of nitrogens with zero attached hydrogens (tertiary/aromatic N) is 1. The summed E-state index contributed by atoms with van der Waals surface area (Å²) >= 11 is 0. The van der Waals surface area contributed by atoms with E-state index in [0.717, 1.165) is 25.7 Å². The number of hydrogen-bond acceptors (Lipinski definition) is 4. The van der Waals surface area contributed by atoms with E-state index in [1.54, 1.807) is 0 Å². The topological polar surface area (TPSA) is 64.7 Å². The summed E-state index contributed by atoms with van der Waals surface area (Å²) in [4.78, 5) is 18.7. The zero-order valence-corrected chi connectivity index (χ0v) is 17.3. The number of oxime groups is 1. The van der Waals surface area contributed by atoms with Crippen molar-refractivity contribution in [2.24, 2.45) is 22.2 Å². The third kappa shape index (κ3) is 3.69. The minimum Gasteiger partial charge on any atom is -0.396 e. The molecule has 148 valence electrons. The Morgan fingerprint density at radius 2 is 2.11 bits per heavy atom. The summed E-state index contributed by atoms with van der Waals surface area (Å²) in [6.45, 7) is 9.99. The molecule has 0 radical (unpaired) electrons. The highest BCUT2D eigenvalue weighted by molar-refractivity contribution is 5.91. The zero-order chi connectivity index (χ0) is 19.7. The van der Waals surface area contributed by atoms with Crippen molar-refractivity contribution >= 4 is 12.0 Å². The standard InChI is InChI=1S/C23H34N2O2/c1-16(2)17-7-8-19-18(13-17)14-20(26)21-22(3,9-5-10-23(19,21)4)15-25-27-12-6-11-24/h7-8,13,15-16,21H,5-6,9-12,14,24H2,1-4H3/b25-15+/t21-,22-,23+/m0/s1. The molecule has 0 unspecified atom stereocenters. The predicted octanol–water partition coefficient (Wildman–Crippen LogP) is 4.35. The van der Waals surface area contributed by atoms with Gasteiger partial charge in [-0.1, -0.05) is 57.5 Å². The average molecular weight is 371 g/mol. The van der Waals surface area contributed by atoms with E-state index in [4.69, 9.17) is 10.6 Å². The number of hydrogen-bond donors (Lipinski definition) is 1. The Hall–Kier alpha value is -1.68. The summed E-state index contributed by atoms with van der Waals surface area (Å²) in [6.07, 6.45) is 6.35. The van der Waals surface area contributed by atoms with E-state index in [1.807, 2.05) is 6.21 Å². The van der Waals surface area contributed by atoms with Crippen LogP contribution in [0.2, 0.25) is 0 Å². The van der Waals surface area contributed by atoms with E-state index in [1.165, 1.54) is 16.7 Å². The highest BCUT2D eigenvalue weighted by Crippen LogP contribution is 2.55. The Morgan fingerprint density at radius 1 is 1.33 bits per heavy atom. The Kier molecular flexibility index (Phi) is 5.76. The van der Waals surface area contributed by atoms with Crippen LogP contribution < -0.4 is 5.73 Å². The van der Waals surface area contributed by atoms with Crippen molar-refractivity contribution < 1.29 is 9.63 Å². The molecule has 0 heterocycles. The van der Waals surface area contributed by atoms with Gasteiger partial charge in [0.1, 0.15) is 12.4 Å². The van der Waals surface area contributed by atoms with Crippen LogP contribution in [0.1, 0.15) is 76.0 Å². The molecule has 2 aliphatic rings. The van der Waals surface area contributed by atoms with Gasteiger partial charge in [0.05, 0.1) is 6.21 Å². The fraction of sp³-hybridized carbons (Fsp3) is 0.652. The van der Waals surface area contributed by atoms with Gasteiger partial charge in [-0.25, -0.2) is 0 Å². The fourth-order valence-electron chi connectivity index (χ4n) is 5.33. The first kappa shape index (κ1) is 20.1. The van der Waals surface area contributed by atoms with E-state index in [9.17, 15) is 4.79 Å². The summed E-state index contributed by atoms with van der Waals surface area (Å²) < 4.78 is 0. The monoisotopic (exact) mass is 370 g/mol. The van der Waals surface area contributed by atoms with Gasteiger partial charge in [0.15, 0.2) is 0 Å². The molecule has 2 N–H and O–H groups in total. The fourth-order valence-corrected chi connectivity index (χ4v) is 5.33. The van der Waals surface area contributed by atoms with Gasteiger partial charge in [-0.15, -0.1) is 0 Å². The van der Waals surface area contributed by atoms with Crippen LogP contribution in [0.25, 0.3) is 0 Å². The predicted molar refractivity (Wildman–Crippen MR) is 110 cm³/mol. The molecule has 0 aromatic heterocycles. The first-order valence-electron chi connectivity index (χ1n) is 10.3. The molecular weight excluding hydrogens is 336 g/mol. The molecule has 3 rings (SSSR count). The molecule has 4 heteroatoms.